The Kier molecular flexibility index (Phi) is 8.17. The number of hydrogen-bond acceptors (Lipinski definition) is 8. The maximum absolute atomic E-state index is 12.0. The highest BCUT2D eigenvalue weighted by atomic mass is 32.2. The van der Waals surface area contributed by atoms with Crippen molar-refractivity contribution < 1.29 is 23.4 Å². The zero-order valence-electron chi connectivity index (χ0n) is 21.2. The lowest BCUT2D eigenvalue weighted by molar-refractivity contribution is 0.0606. The standard InChI is InChI=1S/C26H32N6O5S/c1-17(29-14-25(33)31-10-9-24(27)30-16-31)11-19-5-8-22-20(12-19)13-23(26(34)35)32(22)15-18-3-6-21(7-4-18)38(36,37)28-2/h3-9,12-13,16-17,25,28-29,33H,10-11,14-15,27H2,1-2H3,(H,34,35). The molecule has 0 bridgehead atoms. The SMILES string of the molecule is CNS(=O)(=O)c1ccc(Cn2c(C(=O)O)cc3cc(CC(C)NCC(O)N4C=NC(N)=CC4)ccc32)cc1. The summed E-state index contributed by atoms with van der Waals surface area (Å²) in [6.07, 6.45) is 3.21. The van der Waals surface area contributed by atoms with Gasteiger partial charge in [0.2, 0.25) is 10.0 Å². The first kappa shape index (κ1) is 27.3. The smallest absolute Gasteiger partial charge is 0.352 e. The Morgan fingerprint density at radius 1 is 1.16 bits per heavy atom. The lowest BCUT2D eigenvalue weighted by Crippen LogP contribution is -2.45. The lowest BCUT2D eigenvalue weighted by atomic mass is 10.1. The molecule has 1 aromatic heterocycles. The van der Waals surface area contributed by atoms with Crippen LogP contribution in [0.2, 0.25) is 0 Å². The molecule has 11 nitrogen and oxygen atoms in total. The van der Waals surface area contributed by atoms with Crippen LogP contribution in [-0.4, -0.2) is 72.8 Å². The number of carbonyl (C=O) groups is 1. The first-order chi connectivity index (χ1) is 18.1. The molecule has 38 heavy (non-hydrogen) atoms. The molecule has 4 rings (SSSR count). The number of aromatic carboxylic acids is 1. The number of nitrogens with two attached hydrogens (primary N) is 1. The predicted octanol–water partition coefficient (Wildman–Crippen LogP) is 1.28. The molecule has 0 aliphatic carbocycles. The summed E-state index contributed by atoms with van der Waals surface area (Å²) in [5.41, 5.74) is 8.34. The van der Waals surface area contributed by atoms with E-state index in [1.165, 1.54) is 25.5 Å². The van der Waals surface area contributed by atoms with Crippen LogP contribution >= 0.6 is 0 Å². The van der Waals surface area contributed by atoms with Gasteiger partial charge in [0.15, 0.2) is 0 Å². The summed E-state index contributed by atoms with van der Waals surface area (Å²) in [6.45, 7) is 3.13. The van der Waals surface area contributed by atoms with E-state index in [4.69, 9.17) is 5.73 Å². The van der Waals surface area contributed by atoms with Crippen LogP contribution in [0.15, 0.2) is 70.3 Å². The largest absolute Gasteiger partial charge is 0.477 e. The fourth-order valence-corrected chi connectivity index (χ4v) is 5.09. The van der Waals surface area contributed by atoms with Crippen molar-refractivity contribution in [3.63, 3.8) is 0 Å². The first-order valence-electron chi connectivity index (χ1n) is 12.1. The molecule has 1 aliphatic rings. The van der Waals surface area contributed by atoms with Gasteiger partial charge in [0.05, 0.1) is 11.2 Å². The van der Waals surface area contributed by atoms with Crippen LogP contribution in [0.5, 0.6) is 0 Å². The van der Waals surface area contributed by atoms with Crippen molar-refractivity contribution in [3.05, 3.63) is 77.2 Å². The minimum absolute atomic E-state index is 0.0536. The third-order valence-electron chi connectivity index (χ3n) is 6.47. The fraction of sp³-hybridized carbons (Fsp3) is 0.308. The number of nitrogens with one attached hydrogen (secondary N) is 2. The molecule has 12 heteroatoms. The molecule has 0 saturated heterocycles. The van der Waals surface area contributed by atoms with E-state index in [2.05, 4.69) is 15.0 Å². The van der Waals surface area contributed by atoms with E-state index in [1.54, 1.807) is 33.7 Å². The molecule has 202 valence electrons. The predicted molar refractivity (Wildman–Crippen MR) is 145 cm³/mol. The molecule has 0 spiro atoms. The van der Waals surface area contributed by atoms with Crippen molar-refractivity contribution in [2.24, 2.45) is 10.7 Å². The summed E-state index contributed by atoms with van der Waals surface area (Å²) >= 11 is 0. The summed E-state index contributed by atoms with van der Waals surface area (Å²) in [6, 6.07) is 13.9. The Morgan fingerprint density at radius 3 is 2.50 bits per heavy atom. The minimum Gasteiger partial charge on any atom is -0.477 e. The van der Waals surface area contributed by atoms with Gasteiger partial charge in [-0.05, 0) is 67.9 Å². The number of sulfonamides is 1. The van der Waals surface area contributed by atoms with Crippen molar-refractivity contribution in [3.8, 4) is 0 Å². The summed E-state index contributed by atoms with van der Waals surface area (Å²) in [5.74, 6) is -0.609. The molecule has 2 aromatic carbocycles. The number of benzene rings is 2. The highest BCUT2D eigenvalue weighted by Gasteiger charge is 2.18. The van der Waals surface area contributed by atoms with Gasteiger partial charge in [-0.1, -0.05) is 18.2 Å². The molecule has 6 N–H and O–H groups in total. The molecular formula is C26H32N6O5S. The summed E-state index contributed by atoms with van der Waals surface area (Å²) in [5, 5.41) is 24.3. The highest BCUT2D eigenvalue weighted by Crippen LogP contribution is 2.24. The summed E-state index contributed by atoms with van der Waals surface area (Å²) < 4.78 is 28.0. The van der Waals surface area contributed by atoms with Crippen molar-refractivity contribution in [1.29, 1.82) is 0 Å². The zero-order valence-corrected chi connectivity index (χ0v) is 22.0. The third kappa shape index (κ3) is 6.22. The number of aliphatic hydroxyl groups is 1. The molecule has 3 aromatic rings. The van der Waals surface area contributed by atoms with Gasteiger partial charge in [0.1, 0.15) is 17.7 Å². The topological polar surface area (TPSA) is 162 Å². The van der Waals surface area contributed by atoms with E-state index < -0.39 is 22.2 Å². The number of carboxylic acid groups (broad SMARTS) is 1. The second-order valence-corrected chi connectivity index (χ2v) is 11.1. The van der Waals surface area contributed by atoms with Crippen LogP contribution in [0.25, 0.3) is 10.9 Å². The second-order valence-electron chi connectivity index (χ2n) is 9.23. The van der Waals surface area contributed by atoms with Gasteiger partial charge in [-0.15, -0.1) is 0 Å². The average molecular weight is 541 g/mol. The van der Waals surface area contributed by atoms with Crippen LogP contribution in [0.3, 0.4) is 0 Å². The van der Waals surface area contributed by atoms with Crippen LogP contribution in [0.4, 0.5) is 0 Å². The van der Waals surface area contributed by atoms with Gasteiger partial charge >= 0.3 is 5.97 Å². The Bertz CT molecular complexity index is 1480. The van der Waals surface area contributed by atoms with E-state index in [-0.39, 0.29) is 23.2 Å². The van der Waals surface area contributed by atoms with Crippen LogP contribution in [-0.2, 0) is 23.0 Å². The van der Waals surface area contributed by atoms with Gasteiger partial charge in [0.25, 0.3) is 0 Å². The second kappa shape index (κ2) is 11.4. The maximum atomic E-state index is 12.0. The molecule has 2 unspecified atom stereocenters. The van der Waals surface area contributed by atoms with Crippen molar-refractivity contribution in [2.75, 3.05) is 20.1 Å². The lowest BCUT2D eigenvalue weighted by Gasteiger charge is -2.27. The average Bonchev–Trinajstić information content (AvgIpc) is 3.25. The first-order valence-corrected chi connectivity index (χ1v) is 13.6. The minimum atomic E-state index is -3.55. The maximum Gasteiger partial charge on any atom is 0.352 e. The van der Waals surface area contributed by atoms with Gasteiger partial charge in [0, 0.05) is 36.6 Å². The number of aliphatic hydroxyl groups excluding tert-OH is 1. The Hall–Kier alpha value is -3.71. The fourth-order valence-electron chi connectivity index (χ4n) is 4.36. The molecule has 0 fully saturated rings. The Labute approximate surface area is 221 Å². The van der Waals surface area contributed by atoms with Crippen molar-refractivity contribution >= 4 is 33.2 Å². The van der Waals surface area contributed by atoms with Crippen molar-refractivity contribution in [2.45, 2.75) is 37.1 Å². The number of fused-ring (bicyclic) bond motifs is 1. The van der Waals surface area contributed by atoms with Crippen molar-refractivity contribution in [1.82, 2.24) is 19.5 Å². The van der Waals surface area contributed by atoms with Crippen LogP contribution in [0.1, 0.15) is 28.5 Å². The number of rotatable bonds is 11. The molecular weight excluding hydrogens is 508 g/mol. The number of carboxylic acids is 1. The quantitative estimate of drug-likeness (QED) is 0.243. The Balaban J connectivity index is 1.46. The number of nitrogens with zero attached hydrogens (tertiary/aromatic N) is 3. The van der Waals surface area contributed by atoms with E-state index in [9.17, 15) is 23.4 Å². The number of aromatic nitrogens is 1. The van der Waals surface area contributed by atoms with E-state index >= 15 is 0 Å². The normalized spacial score (nSPS) is 15.4. The van der Waals surface area contributed by atoms with Crippen LogP contribution < -0.4 is 15.8 Å². The van der Waals surface area contributed by atoms with E-state index in [0.717, 1.165) is 22.0 Å². The van der Waals surface area contributed by atoms with Gasteiger partial charge in [-0.3, -0.25) is 0 Å². The summed E-state index contributed by atoms with van der Waals surface area (Å²) in [4.78, 5) is 17.8. The highest BCUT2D eigenvalue weighted by molar-refractivity contribution is 7.89. The molecule has 2 atom stereocenters. The number of aliphatic imine (C=N–C) groups is 1. The van der Waals surface area contributed by atoms with E-state index in [1.807, 2.05) is 25.1 Å². The monoisotopic (exact) mass is 540 g/mol. The van der Waals surface area contributed by atoms with Crippen LogP contribution in [0, 0.1) is 0 Å². The molecule has 2 heterocycles. The van der Waals surface area contributed by atoms with Gasteiger partial charge in [-0.25, -0.2) is 22.9 Å². The third-order valence-corrected chi connectivity index (χ3v) is 7.90. The molecule has 0 radical (unpaired) electrons. The van der Waals surface area contributed by atoms with Gasteiger partial charge in [-0.2, -0.15) is 0 Å². The van der Waals surface area contributed by atoms with Gasteiger partial charge < -0.3 is 30.7 Å². The Morgan fingerprint density at radius 2 is 1.87 bits per heavy atom. The number of hydrogen-bond donors (Lipinski definition) is 5. The molecule has 0 saturated carbocycles. The molecule has 1 aliphatic heterocycles. The molecule has 0 amide bonds. The zero-order chi connectivity index (χ0) is 27.4. The van der Waals surface area contributed by atoms with E-state index in [0.29, 0.717) is 25.3 Å². The summed E-state index contributed by atoms with van der Waals surface area (Å²) in [7, 11) is -2.20.